The lowest BCUT2D eigenvalue weighted by Gasteiger charge is -2.11. The predicted molar refractivity (Wildman–Crippen MR) is 88.5 cm³/mol. The molecule has 0 amide bonds. The van der Waals surface area contributed by atoms with Gasteiger partial charge in [0.2, 0.25) is 0 Å². The van der Waals surface area contributed by atoms with Crippen molar-refractivity contribution >= 4 is 11.5 Å². The number of nitriles is 1. The number of nitrogens with zero attached hydrogens (tertiary/aromatic N) is 1. The fourth-order valence-electron chi connectivity index (χ4n) is 3.16. The minimum absolute atomic E-state index is 0.123. The van der Waals surface area contributed by atoms with Gasteiger partial charge in [0.15, 0.2) is 0 Å². The van der Waals surface area contributed by atoms with Crippen LogP contribution in [0.25, 0.3) is 5.57 Å². The van der Waals surface area contributed by atoms with Crippen LogP contribution in [0.4, 0.5) is 0 Å². The molecule has 0 saturated carbocycles. The van der Waals surface area contributed by atoms with E-state index in [-0.39, 0.29) is 18.1 Å². The van der Waals surface area contributed by atoms with Gasteiger partial charge >= 0.3 is 5.97 Å². The summed E-state index contributed by atoms with van der Waals surface area (Å²) in [5, 5.41) is 9.46. The molecule has 3 heteroatoms. The van der Waals surface area contributed by atoms with Crippen molar-refractivity contribution in [1.82, 2.24) is 0 Å². The number of hydrogen-bond donors (Lipinski definition) is 0. The summed E-state index contributed by atoms with van der Waals surface area (Å²) in [4.78, 5) is 12.1. The second-order valence-electron chi connectivity index (χ2n) is 5.44. The minimum atomic E-state index is -0.534. The number of carbonyl (C=O) groups excluding carboxylic acids is 1. The second-order valence-corrected chi connectivity index (χ2v) is 5.44. The van der Waals surface area contributed by atoms with Crippen molar-refractivity contribution in [2.24, 2.45) is 0 Å². The molecule has 2 aromatic rings. The summed E-state index contributed by atoms with van der Waals surface area (Å²) >= 11 is 0. The Morgan fingerprint density at radius 3 is 2.57 bits per heavy atom. The van der Waals surface area contributed by atoms with Gasteiger partial charge in [-0.25, -0.2) is 4.79 Å². The highest BCUT2D eigenvalue weighted by Gasteiger charge is 2.31. The maximum absolute atomic E-state index is 12.1. The molecule has 3 nitrogen and oxygen atoms in total. The van der Waals surface area contributed by atoms with Crippen LogP contribution in [0.1, 0.15) is 36.0 Å². The Labute approximate surface area is 135 Å². The average Bonchev–Trinajstić information content (AvgIpc) is 2.96. The highest BCUT2D eigenvalue weighted by molar-refractivity contribution is 6.03. The molecule has 0 fully saturated rings. The number of ether oxygens (including phenoxy) is 1. The number of rotatable bonds is 3. The third-order valence-corrected chi connectivity index (χ3v) is 4.16. The molecule has 0 aromatic heterocycles. The molecular formula is C20H17NO2. The third kappa shape index (κ3) is 2.76. The number of fused-ring (bicyclic) bond motifs is 1. The fraction of sp³-hybridized carbons (Fsp3) is 0.200. The number of esters is 1. The first kappa shape index (κ1) is 15.1. The second kappa shape index (κ2) is 6.50. The number of hydrogen-bond acceptors (Lipinski definition) is 3. The molecule has 0 bridgehead atoms. The molecule has 1 atom stereocenters. The zero-order chi connectivity index (χ0) is 16.2. The highest BCUT2D eigenvalue weighted by Crippen LogP contribution is 2.45. The van der Waals surface area contributed by atoms with Crippen LogP contribution in [0.15, 0.2) is 60.2 Å². The van der Waals surface area contributed by atoms with Crippen molar-refractivity contribution in [3.63, 3.8) is 0 Å². The predicted octanol–water partition coefficient (Wildman–Crippen LogP) is 4.06. The van der Waals surface area contributed by atoms with Crippen LogP contribution in [0.3, 0.4) is 0 Å². The molecule has 0 saturated heterocycles. The van der Waals surface area contributed by atoms with Gasteiger partial charge in [0.1, 0.15) is 11.6 Å². The van der Waals surface area contributed by atoms with Crippen LogP contribution in [-0.4, -0.2) is 12.6 Å². The van der Waals surface area contributed by atoms with Crippen molar-refractivity contribution in [1.29, 1.82) is 5.26 Å². The van der Waals surface area contributed by atoms with Crippen LogP contribution >= 0.6 is 0 Å². The summed E-state index contributed by atoms with van der Waals surface area (Å²) in [5.74, 6) is -0.367. The van der Waals surface area contributed by atoms with E-state index in [1.165, 1.54) is 5.56 Å². The third-order valence-electron chi connectivity index (χ3n) is 4.16. The van der Waals surface area contributed by atoms with Gasteiger partial charge in [-0.1, -0.05) is 54.6 Å². The molecule has 3 rings (SSSR count). The molecule has 0 spiro atoms. The maximum atomic E-state index is 12.1. The summed E-state index contributed by atoms with van der Waals surface area (Å²) in [6, 6.07) is 20.2. The molecule has 23 heavy (non-hydrogen) atoms. The van der Waals surface area contributed by atoms with Gasteiger partial charge in [-0.15, -0.1) is 0 Å². The largest absolute Gasteiger partial charge is 0.462 e. The van der Waals surface area contributed by atoms with E-state index < -0.39 is 5.97 Å². The number of benzene rings is 2. The van der Waals surface area contributed by atoms with E-state index in [0.717, 1.165) is 16.7 Å². The van der Waals surface area contributed by atoms with Crippen LogP contribution < -0.4 is 0 Å². The van der Waals surface area contributed by atoms with E-state index in [4.69, 9.17) is 4.74 Å². The SMILES string of the molecule is CCOC(=O)C(C#N)=C1CC(c2ccccc2)c2ccccc21. The molecule has 2 aromatic carbocycles. The quantitative estimate of drug-likeness (QED) is 0.488. The van der Waals surface area contributed by atoms with E-state index in [0.29, 0.717) is 6.42 Å². The Balaban J connectivity index is 2.12. The van der Waals surface area contributed by atoms with E-state index in [1.54, 1.807) is 6.92 Å². The zero-order valence-corrected chi connectivity index (χ0v) is 13.0. The Hall–Kier alpha value is -2.86. The van der Waals surface area contributed by atoms with Crippen LogP contribution in [0.2, 0.25) is 0 Å². The monoisotopic (exact) mass is 303 g/mol. The van der Waals surface area contributed by atoms with Crippen LogP contribution in [-0.2, 0) is 9.53 Å². The highest BCUT2D eigenvalue weighted by atomic mass is 16.5. The van der Waals surface area contributed by atoms with E-state index in [9.17, 15) is 10.1 Å². The van der Waals surface area contributed by atoms with E-state index in [2.05, 4.69) is 18.2 Å². The molecule has 0 aliphatic heterocycles. The standard InChI is InChI=1S/C20H17NO2/c1-2-23-20(22)19(13-21)18-12-17(14-8-4-3-5-9-14)15-10-6-7-11-16(15)18/h3-11,17H,2,12H2,1H3. The molecule has 0 radical (unpaired) electrons. The Morgan fingerprint density at radius 2 is 1.87 bits per heavy atom. The summed E-state index contributed by atoms with van der Waals surface area (Å²) in [5.41, 5.74) is 4.24. The first-order chi connectivity index (χ1) is 11.3. The maximum Gasteiger partial charge on any atom is 0.349 e. The molecule has 1 aliphatic rings. The van der Waals surface area contributed by atoms with Gasteiger partial charge in [0.25, 0.3) is 0 Å². The Kier molecular flexibility index (Phi) is 4.25. The van der Waals surface area contributed by atoms with Gasteiger partial charge in [0, 0.05) is 5.92 Å². The molecule has 1 aliphatic carbocycles. The Bertz CT molecular complexity index is 800. The normalized spacial score (nSPS) is 18.0. The van der Waals surface area contributed by atoms with Crippen molar-refractivity contribution in [3.8, 4) is 6.07 Å². The van der Waals surface area contributed by atoms with Crippen molar-refractivity contribution in [3.05, 3.63) is 76.9 Å². The lowest BCUT2D eigenvalue weighted by Crippen LogP contribution is -2.08. The molecular weight excluding hydrogens is 286 g/mol. The number of allylic oxidation sites excluding steroid dienone is 1. The van der Waals surface area contributed by atoms with Crippen molar-refractivity contribution in [2.45, 2.75) is 19.3 Å². The Morgan fingerprint density at radius 1 is 1.17 bits per heavy atom. The smallest absolute Gasteiger partial charge is 0.349 e. The van der Waals surface area contributed by atoms with E-state index >= 15 is 0 Å². The lowest BCUT2D eigenvalue weighted by molar-refractivity contribution is -0.137. The lowest BCUT2D eigenvalue weighted by atomic mass is 9.93. The molecule has 0 heterocycles. The fourth-order valence-corrected chi connectivity index (χ4v) is 3.16. The van der Waals surface area contributed by atoms with Crippen molar-refractivity contribution in [2.75, 3.05) is 6.61 Å². The summed E-state index contributed by atoms with van der Waals surface area (Å²) in [7, 11) is 0. The molecule has 0 N–H and O–H groups in total. The topological polar surface area (TPSA) is 50.1 Å². The zero-order valence-electron chi connectivity index (χ0n) is 13.0. The summed E-state index contributed by atoms with van der Waals surface area (Å²) in [6.45, 7) is 2.01. The van der Waals surface area contributed by atoms with Gasteiger partial charge in [-0.2, -0.15) is 5.26 Å². The van der Waals surface area contributed by atoms with Gasteiger partial charge < -0.3 is 4.74 Å². The average molecular weight is 303 g/mol. The minimum Gasteiger partial charge on any atom is -0.462 e. The van der Waals surface area contributed by atoms with Crippen molar-refractivity contribution < 1.29 is 9.53 Å². The first-order valence-corrected chi connectivity index (χ1v) is 7.70. The molecule has 114 valence electrons. The van der Waals surface area contributed by atoms with Gasteiger partial charge in [-0.3, -0.25) is 0 Å². The number of carbonyl (C=O) groups is 1. The summed E-state index contributed by atoms with van der Waals surface area (Å²) in [6.07, 6.45) is 0.644. The van der Waals surface area contributed by atoms with E-state index in [1.807, 2.05) is 42.5 Å². The molecule has 1 unspecified atom stereocenters. The van der Waals surface area contributed by atoms with Crippen LogP contribution in [0, 0.1) is 11.3 Å². The van der Waals surface area contributed by atoms with Gasteiger partial charge in [0.05, 0.1) is 6.61 Å². The first-order valence-electron chi connectivity index (χ1n) is 7.70. The van der Waals surface area contributed by atoms with Gasteiger partial charge in [-0.05, 0) is 35.6 Å². The van der Waals surface area contributed by atoms with Crippen LogP contribution in [0.5, 0.6) is 0 Å². The summed E-state index contributed by atoms with van der Waals surface area (Å²) < 4.78 is 5.04.